The van der Waals surface area contributed by atoms with E-state index in [1.165, 1.54) is 11.1 Å². The van der Waals surface area contributed by atoms with Crippen LogP contribution < -0.4 is 5.32 Å². The number of morpholine rings is 1. The second-order valence-electron chi connectivity index (χ2n) is 4.71. The Kier molecular flexibility index (Phi) is 2.08. The number of benzene rings is 1. The monoisotopic (exact) mass is 203 g/mol. The van der Waals surface area contributed by atoms with Gasteiger partial charge in [0.15, 0.2) is 0 Å². The van der Waals surface area contributed by atoms with E-state index in [9.17, 15) is 0 Å². The summed E-state index contributed by atoms with van der Waals surface area (Å²) >= 11 is 0. The number of hydrogen-bond donors (Lipinski definition) is 1. The predicted octanol–water partition coefficient (Wildman–Crippen LogP) is 1.84. The van der Waals surface area contributed by atoms with E-state index in [0.29, 0.717) is 6.10 Å². The fourth-order valence-electron chi connectivity index (χ4n) is 2.91. The lowest BCUT2D eigenvalue weighted by atomic mass is 9.94. The van der Waals surface area contributed by atoms with Gasteiger partial charge in [-0.05, 0) is 30.9 Å². The van der Waals surface area contributed by atoms with Crippen LogP contribution in [0, 0.1) is 0 Å². The molecule has 1 saturated heterocycles. The number of ether oxygens (including phenoxy) is 1. The van der Waals surface area contributed by atoms with Crippen molar-refractivity contribution < 1.29 is 4.74 Å². The molecule has 15 heavy (non-hydrogen) atoms. The van der Waals surface area contributed by atoms with Crippen molar-refractivity contribution in [3.8, 4) is 0 Å². The number of aryl methyl sites for hydroxylation is 1. The zero-order chi connectivity index (χ0) is 10.3. The van der Waals surface area contributed by atoms with Gasteiger partial charge >= 0.3 is 0 Å². The smallest absolute Gasteiger partial charge is 0.106 e. The molecule has 1 spiro atoms. The van der Waals surface area contributed by atoms with Crippen LogP contribution >= 0.6 is 0 Å². The summed E-state index contributed by atoms with van der Waals surface area (Å²) in [7, 11) is 0. The molecule has 2 nitrogen and oxygen atoms in total. The first-order valence-electron chi connectivity index (χ1n) is 5.77. The van der Waals surface area contributed by atoms with Gasteiger partial charge in [0.05, 0.1) is 6.10 Å². The standard InChI is InChI=1S/C13H17NO/c1-10-8-14-9-13(15-10)7-6-11-4-2-3-5-12(11)13/h2-5,10,14H,6-9H2,1H3. The van der Waals surface area contributed by atoms with Crippen molar-refractivity contribution in [3.05, 3.63) is 35.4 Å². The highest BCUT2D eigenvalue weighted by Gasteiger charge is 2.42. The minimum atomic E-state index is -0.0335. The fourth-order valence-corrected chi connectivity index (χ4v) is 2.91. The van der Waals surface area contributed by atoms with Crippen LogP contribution in [-0.2, 0) is 16.8 Å². The van der Waals surface area contributed by atoms with Gasteiger partial charge in [0.1, 0.15) is 5.60 Å². The van der Waals surface area contributed by atoms with Crippen LogP contribution in [0.2, 0.25) is 0 Å². The summed E-state index contributed by atoms with van der Waals surface area (Å²) in [5, 5.41) is 3.48. The predicted molar refractivity (Wildman–Crippen MR) is 59.9 cm³/mol. The van der Waals surface area contributed by atoms with Gasteiger partial charge in [-0.25, -0.2) is 0 Å². The molecule has 80 valence electrons. The second-order valence-corrected chi connectivity index (χ2v) is 4.71. The Morgan fingerprint density at radius 3 is 3.13 bits per heavy atom. The van der Waals surface area contributed by atoms with Crippen LogP contribution in [0.1, 0.15) is 24.5 Å². The Morgan fingerprint density at radius 2 is 2.27 bits per heavy atom. The molecule has 1 N–H and O–H groups in total. The summed E-state index contributed by atoms with van der Waals surface area (Å²) in [5.41, 5.74) is 2.84. The summed E-state index contributed by atoms with van der Waals surface area (Å²) in [6, 6.07) is 8.70. The van der Waals surface area contributed by atoms with E-state index in [0.717, 1.165) is 25.9 Å². The van der Waals surface area contributed by atoms with E-state index in [1.807, 2.05) is 0 Å². The van der Waals surface area contributed by atoms with Crippen LogP contribution in [0.3, 0.4) is 0 Å². The molecule has 2 heteroatoms. The first kappa shape index (κ1) is 9.37. The van der Waals surface area contributed by atoms with Gasteiger partial charge in [-0.3, -0.25) is 0 Å². The third-order valence-electron chi connectivity index (χ3n) is 3.58. The number of fused-ring (bicyclic) bond motifs is 2. The van der Waals surface area contributed by atoms with Crippen LogP contribution in [0.4, 0.5) is 0 Å². The van der Waals surface area contributed by atoms with Crippen LogP contribution in [0.15, 0.2) is 24.3 Å². The van der Waals surface area contributed by atoms with Crippen molar-refractivity contribution in [2.24, 2.45) is 0 Å². The maximum atomic E-state index is 6.20. The summed E-state index contributed by atoms with van der Waals surface area (Å²) < 4.78 is 6.20. The van der Waals surface area contributed by atoms with Gasteiger partial charge in [0.25, 0.3) is 0 Å². The van der Waals surface area contributed by atoms with E-state index in [4.69, 9.17) is 4.74 Å². The van der Waals surface area contributed by atoms with Crippen molar-refractivity contribution in [1.82, 2.24) is 5.32 Å². The van der Waals surface area contributed by atoms with E-state index in [1.54, 1.807) is 0 Å². The highest BCUT2D eigenvalue weighted by atomic mass is 16.5. The van der Waals surface area contributed by atoms with Crippen molar-refractivity contribution in [2.75, 3.05) is 13.1 Å². The molecule has 0 bridgehead atoms. The molecule has 1 heterocycles. The highest BCUT2D eigenvalue weighted by Crippen LogP contribution is 2.41. The second kappa shape index (κ2) is 3.32. The average molecular weight is 203 g/mol. The summed E-state index contributed by atoms with van der Waals surface area (Å²) in [6.07, 6.45) is 2.61. The van der Waals surface area contributed by atoms with Gasteiger partial charge < -0.3 is 10.1 Å². The summed E-state index contributed by atoms with van der Waals surface area (Å²) in [4.78, 5) is 0. The molecule has 1 aromatic carbocycles. The lowest BCUT2D eigenvalue weighted by molar-refractivity contribution is -0.113. The van der Waals surface area contributed by atoms with Crippen molar-refractivity contribution in [1.29, 1.82) is 0 Å². The van der Waals surface area contributed by atoms with E-state index in [-0.39, 0.29) is 5.60 Å². The molecule has 1 aromatic rings. The van der Waals surface area contributed by atoms with E-state index in [2.05, 4.69) is 36.5 Å². The normalized spacial score (nSPS) is 34.3. The Labute approximate surface area is 90.6 Å². The molecule has 3 rings (SSSR count). The van der Waals surface area contributed by atoms with Gasteiger partial charge in [0.2, 0.25) is 0 Å². The SMILES string of the molecule is CC1CNCC2(CCc3ccccc32)O1. The van der Waals surface area contributed by atoms with Gasteiger partial charge in [-0.15, -0.1) is 0 Å². The Morgan fingerprint density at radius 1 is 1.40 bits per heavy atom. The van der Waals surface area contributed by atoms with Gasteiger partial charge in [-0.1, -0.05) is 24.3 Å². The van der Waals surface area contributed by atoms with Crippen molar-refractivity contribution >= 4 is 0 Å². The molecular formula is C13H17NO. The summed E-state index contributed by atoms with van der Waals surface area (Å²) in [5.74, 6) is 0. The molecule has 0 radical (unpaired) electrons. The molecule has 0 amide bonds. The largest absolute Gasteiger partial charge is 0.365 e. The first-order chi connectivity index (χ1) is 7.30. The lowest BCUT2D eigenvalue weighted by Crippen LogP contribution is -2.49. The number of hydrogen-bond acceptors (Lipinski definition) is 2. The molecule has 1 aliphatic carbocycles. The van der Waals surface area contributed by atoms with Crippen LogP contribution in [-0.4, -0.2) is 19.2 Å². The minimum Gasteiger partial charge on any atom is -0.365 e. The third-order valence-corrected chi connectivity index (χ3v) is 3.58. The van der Waals surface area contributed by atoms with Crippen molar-refractivity contribution in [3.63, 3.8) is 0 Å². The maximum Gasteiger partial charge on any atom is 0.106 e. The topological polar surface area (TPSA) is 21.3 Å². The van der Waals surface area contributed by atoms with Gasteiger partial charge in [0, 0.05) is 13.1 Å². The molecule has 0 aromatic heterocycles. The van der Waals surface area contributed by atoms with Gasteiger partial charge in [-0.2, -0.15) is 0 Å². The molecule has 2 unspecified atom stereocenters. The lowest BCUT2D eigenvalue weighted by Gasteiger charge is -2.38. The first-order valence-corrected chi connectivity index (χ1v) is 5.77. The minimum absolute atomic E-state index is 0.0335. The Bertz CT molecular complexity index is 373. The van der Waals surface area contributed by atoms with E-state index < -0.39 is 0 Å². The highest BCUT2D eigenvalue weighted by molar-refractivity contribution is 5.38. The quantitative estimate of drug-likeness (QED) is 0.694. The fraction of sp³-hybridized carbons (Fsp3) is 0.538. The average Bonchev–Trinajstić information content (AvgIpc) is 2.59. The van der Waals surface area contributed by atoms with Crippen LogP contribution in [0.5, 0.6) is 0 Å². The molecular weight excluding hydrogens is 186 g/mol. The molecule has 2 atom stereocenters. The molecule has 1 aliphatic heterocycles. The number of nitrogens with one attached hydrogen (secondary N) is 1. The van der Waals surface area contributed by atoms with E-state index >= 15 is 0 Å². The number of rotatable bonds is 0. The Balaban J connectivity index is 2.00. The van der Waals surface area contributed by atoms with Crippen LogP contribution in [0.25, 0.3) is 0 Å². The Hall–Kier alpha value is -0.860. The molecule has 0 saturated carbocycles. The maximum absolute atomic E-state index is 6.20. The molecule has 2 aliphatic rings. The third kappa shape index (κ3) is 1.40. The summed E-state index contributed by atoms with van der Waals surface area (Å²) in [6.45, 7) is 4.09. The molecule has 1 fully saturated rings. The van der Waals surface area contributed by atoms with Crippen molar-refractivity contribution in [2.45, 2.75) is 31.5 Å². The zero-order valence-electron chi connectivity index (χ0n) is 9.12. The zero-order valence-corrected chi connectivity index (χ0v) is 9.12.